The first-order valence-electron chi connectivity index (χ1n) is 7.52. The minimum atomic E-state index is -0.710. The Morgan fingerprint density at radius 2 is 2.05 bits per heavy atom. The van der Waals surface area contributed by atoms with Gasteiger partial charge in [0.25, 0.3) is 0 Å². The van der Waals surface area contributed by atoms with Crippen LogP contribution < -0.4 is 4.74 Å². The van der Waals surface area contributed by atoms with E-state index in [1.165, 1.54) is 6.42 Å². The van der Waals surface area contributed by atoms with Crippen LogP contribution in [-0.2, 0) is 5.60 Å². The summed E-state index contributed by atoms with van der Waals surface area (Å²) >= 11 is 0. The van der Waals surface area contributed by atoms with Crippen molar-refractivity contribution in [3.8, 4) is 5.75 Å². The highest BCUT2D eigenvalue weighted by Gasteiger charge is 2.43. The number of hydrogen-bond acceptors (Lipinski definition) is 2. The van der Waals surface area contributed by atoms with Crippen LogP contribution in [0.5, 0.6) is 5.75 Å². The highest BCUT2D eigenvalue weighted by Crippen LogP contribution is 2.43. The largest absolute Gasteiger partial charge is 0.497 e. The third-order valence-electron chi connectivity index (χ3n) is 4.37. The zero-order valence-electron chi connectivity index (χ0n) is 13.2. The molecule has 0 aromatic heterocycles. The van der Waals surface area contributed by atoms with E-state index in [1.807, 2.05) is 24.3 Å². The van der Waals surface area contributed by atoms with Gasteiger partial charge in [0, 0.05) is 5.92 Å². The fourth-order valence-corrected chi connectivity index (χ4v) is 3.40. The fourth-order valence-electron chi connectivity index (χ4n) is 3.40. The molecule has 1 aromatic carbocycles. The van der Waals surface area contributed by atoms with Crippen LogP contribution in [0.4, 0.5) is 0 Å². The highest BCUT2D eigenvalue weighted by atomic mass is 16.5. The Morgan fingerprint density at radius 1 is 1.30 bits per heavy atom. The van der Waals surface area contributed by atoms with Gasteiger partial charge in [-0.15, -0.1) is 0 Å². The van der Waals surface area contributed by atoms with Gasteiger partial charge in [0.2, 0.25) is 0 Å². The van der Waals surface area contributed by atoms with E-state index in [0.29, 0.717) is 5.92 Å². The third-order valence-corrected chi connectivity index (χ3v) is 4.37. The second-order valence-corrected chi connectivity index (χ2v) is 7.07. The molecule has 1 saturated carbocycles. The maximum atomic E-state index is 11.3. The molecule has 2 unspecified atom stereocenters. The maximum Gasteiger partial charge on any atom is 0.119 e. The van der Waals surface area contributed by atoms with Crippen LogP contribution in [0.15, 0.2) is 24.3 Å². The molecule has 2 rings (SSSR count). The minimum Gasteiger partial charge on any atom is -0.497 e. The van der Waals surface area contributed by atoms with Crippen molar-refractivity contribution in [3.05, 3.63) is 29.8 Å². The molecule has 0 amide bonds. The van der Waals surface area contributed by atoms with E-state index in [9.17, 15) is 5.11 Å². The zero-order valence-corrected chi connectivity index (χ0v) is 13.2. The van der Waals surface area contributed by atoms with E-state index in [1.54, 1.807) is 7.11 Å². The molecule has 0 radical (unpaired) electrons. The van der Waals surface area contributed by atoms with Crippen LogP contribution in [0.25, 0.3) is 0 Å². The molecular weight excluding hydrogens is 250 g/mol. The number of aliphatic hydroxyl groups is 1. The Balaban J connectivity index is 2.32. The van der Waals surface area contributed by atoms with Crippen LogP contribution >= 0.6 is 0 Å². The average molecular weight is 278 g/mol. The normalized spacial score (nSPS) is 27.4. The van der Waals surface area contributed by atoms with Crippen LogP contribution in [-0.4, -0.2) is 44.4 Å². The fraction of sp³-hybridized carbons (Fsp3) is 0.647. The number of quaternary nitrogens is 1. The van der Waals surface area contributed by atoms with Gasteiger partial charge in [-0.2, -0.15) is 0 Å². The molecule has 3 nitrogen and oxygen atoms in total. The molecule has 1 aliphatic rings. The molecule has 1 aliphatic carbocycles. The topological polar surface area (TPSA) is 29.5 Å². The van der Waals surface area contributed by atoms with Gasteiger partial charge < -0.3 is 14.3 Å². The van der Waals surface area contributed by atoms with E-state index in [0.717, 1.165) is 41.6 Å². The molecule has 1 N–H and O–H groups in total. The minimum absolute atomic E-state index is 0.309. The molecule has 112 valence electrons. The Kier molecular flexibility index (Phi) is 4.40. The van der Waals surface area contributed by atoms with Gasteiger partial charge in [-0.3, -0.25) is 0 Å². The first-order chi connectivity index (χ1) is 9.35. The summed E-state index contributed by atoms with van der Waals surface area (Å²) in [4.78, 5) is 0. The lowest BCUT2D eigenvalue weighted by molar-refractivity contribution is -0.875. The lowest BCUT2D eigenvalue weighted by Gasteiger charge is -2.43. The summed E-state index contributed by atoms with van der Waals surface area (Å²) in [5, 5.41) is 11.3. The van der Waals surface area contributed by atoms with Crippen LogP contribution in [0.3, 0.4) is 0 Å². The van der Waals surface area contributed by atoms with Crippen molar-refractivity contribution in [3.63, 3.8) is 0 Å². The molecule has 0 bridgehead atoms. The number of methoxy groups -OCH3 is 1. The number of nitrogens with zero attached hydrogens (tertiary/aromatic N) is 1. The standard InChI is InChI=1S/C17H28NO2/c1-18(2,3)13-15-8-5-6-11-17(15,19)14-9-7-10-16(12-14)20-4/h7,9-10,12,15,19H,5-6,8,11,13H2,1-4H3/q+1. The first-order valence-corrected chi connectivity index (χ1v) is 7.52. The van der Waals surface area contributed by atoms with Crippen molar-refractivity contribution >= 4 is 0 Å². The lowest BCUT2D eigenvalue weighted by Crippen LogP contribution is -2.48. The summed E-state index contributed by atoms with van der Waals surface area (Å²) in [7, 11) is 8.26. The zero-order chi connectivity index (χ0) is 14.8. The van der Waals surface area contributed by atoms with Gasteiger partial charge in [-0.1, -0.05) is 25.0 Å². The SMILES string of the molecule is COc1cccc(C2(O)CCCCC2C[N+](C)(C)C)c1. The van der Waals surface area contributed by atoms with Gasteiger partial charge >= 0.3 is 0 Å². The van der Waals surface area contributed by atoms with Gasteiger partial charge in [0.05, 0.1) is 40.4 Å². The first kappa shape index (κ1) is 15.3. The summed E-state index contributed by atoms with van der Waals surface area (Å²) in [5.41, 5.74) is 0.299. The molecule has 0 spiro atoms. The van der Waals surface area contributed by atoms with Crippen molar-refractivity contribution in [1.82, 2.24) is 0 Å². The Labute approximate surface area is 122 Å². The van der Waals surface area contributed by atoms with Crippen LogP contribution in [0.1, 0.15) is 31.2 Å². The summed E-state index contributed by atoms with van der Waals surface area (Å²) < 4.78 is 6.20. The van der Waals surface area contributed by atoms with E-state index in [-0.39, 0.29) is 0 Å². The van der Waals surface area contributed by atoms with Crippen LogP contribution in [0, 0.1) is 5.92 Å². The van der Waals surface area contributed by atoms with Crippen LogP contribution in [0.2, 0.25) is 0 Å². The molecular formula is C17H28NO2+. The number of rotatable bonds is 4. The van der Waals surface area contributed by atoms with Gasteiger partial charge in [-0.25, -0.2) is 0 Å². The molecule has 3 heteroatoms. The monoisotopic (exact) mass is 278 g/mol. The molecule has 0 saturated heterocycles. The Hall–Kier alpha value is -1.06. The third kappa shape index (κ3) is 3.33. The molecule has 0 aliphatic heterocycles. The molecule has 1 fully saturated rings. The van der Waals surface area contributed by atoms with E-state index < -0.39 is 5.60 Å². The van der Waals surface area contributed by atoms with Crippen molar-refractivity contribution < 1.29 is 14.3 Å². The van der Waals surface area contributed by atoms with Crippen molar-refractivity contribution in [2.24, 2.45) is 5.92 Å². The average Bonchev–Trinajstić information content (AvgIpc) is 2.40. The summed E-state index contributed by atoms with van der Waals surface area (Å²) in [5.74, 6) is 1.13. The van der Waals surface area contributed by atoms with E-state index in [4.69, 9.17) is 4.74 Å². The second kappa shape index (κ2) is 5.74. The number of hydrogen-bond donors (Lipinski definition) is 1. The smallest absolute Gasteiger partial charge is 0.119 e. The Morgan fingerprint density at radius 3 is 2.70 bits per heavy atom. The second-order valence-electron chi connectivity index (χ2n) is 7.07. The van der Waals surface area contributed by atoms with Crippen molar-refractivity contribution in [2.75, 3.05) is 34.8 Å². The summed E-state index contributed by atoms with van der Waals surface area (Å²) in [6.07, 6.45) is 4.27. The van der Waals surface area contributed by atoms with Crippen molar-refractivity contribution in [2.45, 2.75) is 31.3 Å². The predicted octanol–water partition coefficient (Wildman–Crippen LogP) is 2.78. The Bertz CT molecular complexity index is 453. The quantitative estimate of drug-likeness (QED) is 0.858. The number of benzene rings is 1. The lowest BCUT2D eigenvalue weighted by atomic mass is 9.71. The van der Waals surface area contributed by atoms with Gasteiger partial charge in [0.15, 0.2) is 0 Å². The van der Waals surface area contributed by atoms with Gasteiger partial charge in [-0.05, 0) is 30.5 Å². The number of ether oxygens (including phenoxy) is 1. The molecule has 20 heavy (non-hydrogen) atoms. The molecule has 1 aromatic rings. The maximum absolute atomic E-state index is 11.3. The summed E-state index contributed by atoms with van der Waals surface area (Å²) in [6, 6.07) is 7.94. The van der Waals surface area contributed by atoms with Gasteiger partial charge in [0.1, 0.15) is 5.75 Å². The van der Waals surface area contributed by atoms with Crippen molar-refractivity contribution in [1.29, 1.82) is 0 Å². The summed E-state index contributed by atoms with van der Waals surface area (Å²) in [6.45, 7) is 0.994. The van der Waals surface area contributed by atoms with E-state index in [2.05, 4.69) is 21.1 Å². The predicted molar refractivity (Wildman–Crippen MR) is 81.7 cm³/mol. The highest BCUT2D eigenvalue weighted by molar-refractivity contribution is 5.33. The molecule has 2 atom stereocenters. The molecule has 0 heterocycles. The van der Waals surface area contributed by atoms with E-state index >= 15 is 0 Å².